The molecule has 1 fully saturated rings. The minimum Gasteiger partial charge on any atom is -0.361 e. The van der Waals surface area contributed by atoms with Crippen LogP contribution in [0.4, 0.5) is 10.1 Å². The molecule has 0 spiro atoms. The number of hydrogen-bond acceptors (Lipinski definition) is 2. The standard InChI is InChI=1S/C14H15ClFNO/c1-9-3-2-4-10(14(9)18)8-17-11-5-6-13(16)12(15)7-11/h5-9,17H,2-4H2,1H3/b10-8-/t9-/m0/s1. The lowest BCUT2D eigenvalue weighted by atomic mass is 9.86. The number of Topliss-reactive ketones (excluding diaryl/α,β-unsaturated/α-hetero) is 1. The van der Waals surface area contributed by atoms with Crippen LogP contribution < -0.4 is 5.32 Å². The number of halogens is 2. The Labute approximate surface area is 111 Å². The van der Waals surface area contributed by atoms with Crippen molar-refractivity contribution in [3.63, 3.8) is 0 Å². The third-order valence-corrected chi connectivity index (χ3v) is 3.47. The molecular weight excluding hydrogens is 253 g/mol. The van der Waals surface area contributed by atoms with Gasteiger partial charge in [-0.15, -0.1) is 0 Å². The number of carbonyl (C=O) groups is 1. The highest BCUT2D eigenvalue weighted by atomic mass is 35.5. The molecular formula is C14H15ClFNO. The fourth-order valence-corrected chi connectivity index (χ4v) is 2.25. The number of nitrogens with one attached hydrogen (secondary N) is 1. The normalized spacial score (nSPS) is 22.3. The van der Waals surface area contributed by atoms with Crippen molar-refractivity contribution in [2.75, 3.05) is 5.32 Å². The first-order valence-corrected chi connectivity index (χ1v) is 6.40. The van der Waals surface area contributed by atoms with Crippen LogP contribution in [0.3, 0.4) is 0 Å². The summed E-state index contributed by atoms with van der Waals surface area (Å²) in [6.07, 6.45) is 4.50. The topological polar surface area (TPSA) is 29.1 Å². The summed E-state index contributed by atoms with van der Waals surface area (Å²) in [6, 6.07) is 4.40. The largest absolute Gasteiger partial charge is 0.361 e. The lowest BCUT2D eigenvalue weighted by molar-refractivity contribution is -0.119. The van der Waals surface area contributed by atoms with Crippen LogP contribution in [0.1, 0.15) is 26.2 Å². The van der Waals surface area contributed by atoms with Crippen molar-refractivity contribution in [3.8, 4) is 0 Å². The minimum atomic E-state index is -0.447. The van der Waals surface area contributed by atoms with Gasteiger partial charge in [-0.1, -0.05) is 18.5 Å². The lowest BCUT2D eigenvalue weighted by Gasteiger charge is -2.19. The highest BCUT2D eigenvalue weighted by molar-refractivity contribution is 6.31. The number of allylic oxidation sites excluding steroid dienone is 1. The van der Waals surface area contributed by atoms with Crippen molar-refractivity contribution in [1.82, 2.24) is 0 Å². The Morgan fingerprint density at radius 2 is 2.28 bits per heavy atom. The Morgan fingerprint density at radius 3 is 3.00 bits per heavy atom. The monoisotopic (exact) mass is 267 g/mol. The molecule has 1 atom stereocenters. The molecule has 1 aliphatic carbocycles. The van der Waals surface area contributed by atoms with Gasteiger partial charge >= 0.3 is 0 Å². The molecule has 2 rings (SSSR count). The molecule has 0 radical (unpaired) electrons. The summed E-state index contributed by atoms with van der Waals surface area (Å²) >= 11 is 5.68. The Morgan fingerprint density at radius 1 is 1.50 bits per heavy atom. The van der Waals surface area contributed by atoms with Crippen LogP contribution in [0, 0.1) is 11.7 Å². The first kappa shape index (κ1) is 13.1. The molecule has 0 heterocycles. The molecule has 0 saturated heterocycles. The minimum absolute atomic E-state index is 0.0711. The van der Waals surface area contributed by atoms with E-state index in [2.05, 4.69) is 5.32 Å². The lowest BCUT2D eigenvalue weighted by Crippen LogP contribution is -2.19. The maximum absolute atomic E-state index is 13.0. The average molecular weight is 268 g/mol. The summed E-state index contributed by atoms with van der Waals surface area (Å²) in [5.74, 6) is -0.150. The molecule has 0 bridgehead atoms. The van der Waals surface area contributed by atoms with Gasteiger partial charge in [0.2, 0.25) is 0 Å². The summed E-state index contributed by atoms with van der Waals surface area (Å²) < 4.78 is 13.0. The molecule has 0 amide bonds. The van der Waals surface area contributed by atoms with Crippen LogP contribution in [0.2, 0.25) is 5.02 Å². The average Bonchev–Trinajstić information content (AvgIpc) is 2.35. The third kappa shape index (κ3) is 2.91. The Bertz CT molecular complexity index is 499. The molecule has 0 aromatic heterocycles. The maximum atomic E-state index is 13.0. The molecule has 0 unspecified atom stereocenters. The van der Waals surface area contributed by atoms with E-state index in [0.717, 1.165) is 24.8 Å². The Balaban J connectivity index is 2.09. The van der Waals surface area contributed by atoms with Gasteiger partial charge in [0.15, 0.2) is 5.78 Å². The van der Waals surface area contributed by atoms with Gasteiger partial charge in [0.25, 0.3) is 0 Å². The van der Waals surface area contributed by atoms with Crippen molar-refractivity contribution in [1.29, 1.82) is 0 Å². The molecule has 1 aromatic carbocycles. The zero-order valence-electron chi connectivity index (χ0n) is 10.2. The van der Waals surface area contributed by atoms with Gasteiger partial charge in [-0.25, -0.2) is 4.39 Å². The molecule has 18 heavy (non-hydrogen) atoms. The predicted octanol–water partition coefficient (Wildman–Crippen LogP) is 4.16. The van der Waals surface area contributed by atoms with E-state index in [4.69, 9.17) is 11.6 Å². The van der Waals surface area contributed by atoms with E-state index in [1.165, 1.54) is 12.1 Å². The van der Waals surface area contributed by atoms with E-state index in [1.807, 2.05) is 6.92 Å². The molecule has 1 aromatic rings. The molecule has 2 nitrogen and oxygen atoms in total. The van der Waals surface area contributed by atoms with Gasteiger partial charge < -0.3 is 5.32 Å². The second-order valence-electron chi connectivity index (χ2n) is 4.60. The second kappa shape index (κ2) is 5.53. The maximum Gasteiger partial charge on any atom is 0.163 e. The number of ketones is 1. The highest BCUT2D eigenvalue weighted by Gasteiger charge is 2.22. The van der Waals surface area contributed by atoms with Crippen molar-refractivity contribution in [2.24, 2.45) is 5.92 Å². The summed E-state index contributed by atoms with van der Waals surface area (Å²) in [6.45, 7) is 1.95. The number of hydrogen-bond donors (Lipinski definition) is 1. The zero-order chi connectivity index (χ0) is 13.1. The van der Waals surface area contributed by atoms with E-state index in [-0.39, 0.29) is 16.7 Å². The molecule has 1 aliphatic rings. The van der Waals surface area contributed by atoms with E-state index >= 15 is 0 Å². The number of rotatable bonds is 2. The van der Waals surface area contributed by atoms with Crippen molar-refractivity contribution in [3.05, 3.63) is 40.8 Å². The van der Waals surface area contributed by atoms with Crippen LogP contribution in [-0.2, 0) is 4.79 Å². The predicted molar refractivity (Wildman–Crippen MR) is 71.1 cm³/mol. The number of anilines is 1. The fraction of sp³-hybridized carbons (Fsp3) is 0.357. The van der Waals surface area contributed by atoms with Crippen LogP contribution in [0.25, 0.3) is 0 Å². The molecule has 4 heteroatoms. The second-order valence-corrected chi connectivity index (χ2v) is 5.01. The SMILES string of the molecule is C[C@H]1CCC/C(=C/Nc2ccc(F)c(Cl)c2)C1=O. The van der Waals surface area contributed by atoms with E-state index < -0.39 is 5.82 Å². The smallest absolute Gasteiger partial charge is 0.163 e. The van der Waals surface area contributed by atoms with E-state index in [9.17, 15) is 9.18 Å². The van der Waals surface area contributed by atoms with Gasteiger partial charge in [-0.05, 0) is 37.5 Å². The molecule has 96 valence electrons. The van der Waals surface area contributed by atoms with Crippen LogP contribution in [0.15, 0.2) is 30.0 Å². The summed E-state index contributed by atoms with van der Waals surface area (Å²) in [5.41, 5.74) is 1.48. The van der Waals surface area contributed by atoms with Gasteiger partial charge in [0.1, 0.15) is 5.82 Å². The van der Waals surface area contributed by atoms with E-state index in [0.29, 0.717) is 5.69 Å². The first-order chi connectivity index (χ1) is 8.58. The Hall–Kier alpha value is -1.35. The van der Waals surface area contributed by atoms with Crippen LogP contribution in [-0.4, -0.2) is 5.78 Å². The van der Waals surface area contributed by atoms with Gasteiger partial charge in [-0.2, -0.15) is 0 Å². The number of carbonyl (C=O) groups excluding carboxylic acids is 1. The van der Waals surface area contributed by atoms with Crippen molar-refractivity contribution < 1.29 is 9.18 Å². The summed E-state index contributed by atoms with van der Waals surface area (Å²) in [5, 5.41) is 3.07. The van der Waals surface area contributed by atoms with Crippen LogP contribution >= 0.6 is 11.6 Å². The first-order valence-electron chi connectivity index (χ1n) is 6.03. The summed E-state index contributed by atoms with van der Waals surface area (Å²) in [4.78, 5) is 11.9. The van der Waals surface area contributed by atoms with Gasteiger partial charge in [0, 0.05) is 23.4 Å². The van der Waals surface area contributed by atoms with Crippen molar-refractivity contribution >= 4 is 23.1 Å². The third-order valence-electron chi connectivity index (χ3n) is 3.18. The molecule has 1 saturated carbocycles. The zero-order valence-corrected chi connectivity index (χ0v) is 10.9. The van der Waals surface area contributed by atoms with Gasteiger partial charge in [-0.3, -0.25) is 4.79 Å². The molecule has 1 N–H and O–H groups in total. The Kier molecular flexibility index (Phi) is 4.02. The van der Waals surface area contributed by atoms with Crippen molar-refractivity contribution in [2.45, 2.75) is 26.2 Å². The van der Waals surface area contributed by atoms with E-state index in [1.54, 1.807) is 12.3 Å². The quantitative estimate of drug-likeness (QED) is 0.815. The molecule has 0 aliphatic heterocycles. The van der Waals surface area contributed by atoms with Gasteiger partial charge in [0.05, 0.1) is 5.02 Å². The number of benzene rings is 1. The highest BCUT2D eigenvalue weighted by Crippen LogP contribution is 2.25. The van der Waals surface area contributed by atoms with Crippen LogP contribution in [0.5, 0.6) is 0 Å². The summed E-state index contributed by atoms with van der Waals surface area (Å²) in [7, 11) is 0. The fourth-order valence-electron chi connectivity index (χ4n) is 2.07.